The van der Waals surface area contributed by atoms with E-state index in [0.29, 0.717) is 10.1 Å². The monoisotopic (exact) mass is 211 g/mol. The van der Waals surface area contributed by atoms with Gasteiger partial charge >= 0.3 is 5.69 Å². The van der Waals surface area contributed by atoms with E-state index >= 15 is 0 Å². The Balaban J connectivity index is 2.76. The van der Waals surface area contributed by atoms with Crippen LogP contribution in [0.5, 0.6) is 10.8 Å². The minimum Gasteiger partial charge on any atom is -0.502 e. The Bertz CT molecular complexity index is 519. The molecule has 72 valence electrons. The lowest BCUT2D eigenvalue weighted by molar-refractivity contribution is -0.385. The smallest absolute Gasteiger partial charge is 0.312 e. The predicted octanol–water partition coefficient (Wildman–Crippen LogP) is 2.22. The first-order chi connectivity index (χ1) is 6.58. The van der Waals surface area contributed by atoms with E-state index in [1.54, 1.807) is 0 Å². The fourth-order valence-electron chi connectivity index (χ4n) is 1.20. The van der Waals surface area contributed by atoms with Crippen LogP contribution in [0.15, 0.2) is 18.2 Å². The van der Waals surface area contributed by atoms with Crippen LogP contribution in [0.3, 0.4) is 0 Å². The molecule has 0 saturated carbocycles. The molecule has 0 aliphatic heterocycles. The molecule has 2 aromatic rings. The van der Waals surface area contributed by atoms with Gasteiger partial charge in [0.25, 0.3) is 0 Å². The Morgan fingerprint density at radius 3 is 2.64 bits per heavy atom. The van der Waals surface area contributed by atoms with Crippen LogP contribution < -0.4 is 0 Å². The van der Waals surface area contributed by atoms with Crippen molar-refractivity contribution in [2.45, 2.75) is 0 Å². The number of thiophene rings is 1. The van der Waals surface area contributed by atoms with Gasteiger partial charge in [0.15, 0.2) is 10.8 Å². The van der Waals surface area contributed by atoms with Gasteiger partial charge in [0.2, 0.25) is 0 Å². The molecule has 1 aromatic heterocycles. The minimum absolute atomic E-state index is 0.0693. The largest absolute Gasteiger partial charge is 0.502 e. The highest BCUT2D eigenvalue weighted by Crippen LogP contribution is 2.37. The zero-order chi connectivity index (χ0) is 10.3. The standard InChI is InChI=1S/C8H5NO4S/c10-6-1-4-2-8(11)14-7(4)3-5(6)9(12)13/h1-3,10-11H. The van der Waals surface area contributed by atoms with Gasteiger partial charge in [-0.1, -0.05) is 11.3 Å². The van der Waals surface area contributed by atoms with E-state index in [0.717, 1.165) is 11.3 Å². The summed E-state index contributed by atoms with van der Waals surface area (Å²) in [6.45, 7) is 0. The second-order valence-corrected chi connectivity index (χ2v) is 3.78. The third kappa shape index (κ3) is 1.25. The molecule has 0 aliphatic rings. The van der Waals surface area contributed by atoms with Gasteiger partial charge in [-0.05, 0) is 12.1 Å². The van der Waals surface area contributed by atoms with E-state index in [2.05, 4.69) is 0 Å². The van der Waals surface area contributed by atoms with Gasteiger partial charge in [-0.2, -0.15) is 0 Å². The molecule has 0 aliphatic carbocycles. The van der Waals surface area contributed by atoms with Crippen LogP contribution in [0.1, 0.15) is 0 Å². The lowest BCUT2D eigenvalue weighted by Gasteiger charge is -1.94. The fourth-order valence-corrected chi connectivity index (χ4v) is 2.01. The molecule has 5 nitrogen and oxygen atoms in total. The summed E-state index contributed by atoms with van der Waals surface area (Å²) >= 11 is 1.03. The van der Waals surface area contributed by atoms with E-state index in [1.165, 1.54) is 18.2 Å². The van der Waals surface area contributed by atoms with Gasteiger partial charge in [0.1, 0.15) is 0 Å². The first kappa shape index (κ1) is 8.76. The number of rotatable bonds is 1. The lowest BCUT2D eigenvalue weighted by atomic mass is 10.2. The molecule has 0 bridgehead atoms. The molecule has 0 saturated heterocycles. The summed E-state index contributed by atoms with van der Waals surface area (Å²) < 4.78 is 0.576. The highest BCUT2D eigenvalue weighted by atomic mass is 32.1. The molecule has 0 fully saturated rings. The maximum atomic E-state index is 10.5. The highest BCUT2D eigenvalue weighted by molar-refractivity contribution is 7.20. The summed E-state index contributed by atoms with van der Waals surface area (Å²) in [5, 5.41) is 29.5. The summed E-state index contributed by atoms with van der Waals surface area (Å²) in [5.74, 6) is -0.389. The first-order valence-electron chi connectivity index (χ1n) is 3.68. The first-order valence-corrected chi connectivity index (χ1v) is 4.49. The van der Waals surface area contributed by atoms with E-state index in [9.17, 15) is 15.2 Å². The number of nitrogens with zero attached hydrogens (tertiary/aromatic N) is 1. The predicted molar refractivity (Wildman–Crippen MR) is 51.8 cm³/mol. The Kier molecular flexibility index (Phi) is 1.78. The Labute approximate surface area is 82.0 Å². The molecule has 1 aromatic carbocycles. The van der Waals surface area contributed by atoms with Crippen LogP contribution >= 0.6 is 11.3 Å². The van der Waals surface area contributed by atoms with Crippen LogP contribution in [0, 0.1) is 10.1 Å². The number of nitro benzene ring substituents is 1. The van der Waals surface area contributed by atoms with Gasteiger partial charge in [0, 0.05) is 16.2 Å². The molecule has 6 heteroatoms. The zero-order valence-corrected chi connectivity index (χ0v) is 7.61. The number of aromatic hydroxyl groups is 2. The quantitative estimate of drug-likeness (QED) is 0.559. The average Bonchev–Trinajstić information content (AvgIpc) is 2.42. The van der Waals surface area contributed by atoms with Crippen LogP contribution in [0.2, 0.25) is 0 Å². The van der Waals surface area contributed by atoms with Crippen molar-refractivity contribution in [1.82, 2.24) is 0 Å². The SMILES string of the molecule is O=[N+]([O-])c1cc2sc(O)cc2cc1O. The molecule has 0 atom stereocenters. The molecule has 0 unspecified atom stereocenters. The second-order valence-electron chi connectivity index (χ2n) is 2.72. The Morgan fingerprint density at radius 1 is 1.29 bits per heavy atom. The summed E-state index contributed by atoms with van der Waals surface area (Å²) in [6, 6.07) is 3.96. The van der Waals surface area contributed by atoms with Crippen LogP contribution in [-0.2, 0) is 0 Å². The maximum absolute atomic E-state index is 10.5. The van der Waals surface area contributed by atoms with Gasteiger partial charge in [-0.3, -0.25) is 10.1 Å². The normalized spacial score (nSPS) is 10.6. The molecule has 0 radical (unpaired) electrons. The third-order valence-electron chi connectivity index (χ3n) is 1.80. The average molecular weight is 211 g/mol. The van der Waals surface area contributed by atoms with Gasteiger partial charge in [0.05, 0.1) is 4.92 Å². The topological polar surface area (TPSA) is 83.6 Å². The maximum Gasteiger partial charge on any atom is 0.312 e. The molecular formula is C8H5NO4S. The van der Waals surface area contributed by atoms with Crippen molar-refractivity contribution in [2.24, 2.45) is 0 Å². The minimum atomic E-state index is -0.661. The van der Waals surface area contributed by atoms with Crippen molar-refractivity contribution in [1.29, 1.82) is 0 Å². The number of phenolic OH excluding ortho intramolecular Hbond substituents is 1. The van der Waals surface area contributed by atoms with Crippen molar-refractivity contribution < 1.29 is 15.1 Å². The third-order valence-corrected chi connectivity index (χ3v) is 2.70. The van der Waals surface area contributed by atoms with E-state index in [4.69, 9.17) is 5.11 Å². The van der Waals surface area contributed by atoms with E-state index in [-0.39, 0.29) is 16.5 Å². The zero-order valence-electron chi connectivity index (χ0n) is 6.80. The van der Waals surface area contributed by atoms with E-state index < -0.39 is 4.92 Å². The summed E-state index contributed by atoms with van der Waals surface area (Å²) in [6.07, 6.45) is 0. The molecular weight excluding hydrogens is 206 g/mol. The van der Waals surface area contributed by atoms with Crippen molar-refractivity contribution >= 4 is 27.1 Å². The number of nitro groups is 1. The fraction of sp³-hybridized carbons (Fsp3) is 0. The number of hydrogen-bond donors (Lipinski definition) is 2. The Hall–Kier alpha value is -1.82. The Morgan fingerprint density at radius 2 is 2.00 bits per heavy atom. The lowest BCUT2D eigenvalue weighted by Crippen LogP contribution is -1.87. The number of hydrogen-bond acceptors (Lipinski definition) is 5. The number of benzene rings is 1. The summed E-state index contributed by atoms with van der Waals surface area (Å²) in [5.41, 5.74) is -0.348. The van der Waals surface area contributed by atoms with Crippen molar-refractivity contribution in [3.8, 4) is 10.8 Å². The molecule has 2 rings (SSSR count). The van der Waals surface area contributed by atoms with Gasteiger partial charge in [-0.25, -0.2) is 0 Å². The number of phenols is 1. The molecule has 2 N–H and O–H groups in total. The number of fused-ring (bicyclic) bond motifs is 1. The molecule has 0 amide bonds. The van der Waals surface area contributed by atoms with Crippen molar-refractivity contribution in [3.05, 3.63) is 28.3 Å². The van der Waals surface area contributed by atoms with Crippen molar-refractivity contribution in [3.63, 3.8) is 0 Å². The summed E-state index contributed by atoms with van der Waals surface area (Å²) in [7, 11) is 0. The molecule has 14 heavy (non-hydrogen) atoms. The van der Waals surface area contributed by atoms with Gasteiger partial charge < -0.3 is 10.2 Å². The molecule has 1 heterocycles. The summed E-state index contributed by atoms with van der Waals surface area (Å²) in [4.78, 5) is 9.80. The molecule has 0 spiro atoms. The van der Waals surface area contributed by atoms with Crippen LogP contribution in [0.4, 0.5) is 5.69 Å². The van der Waals surface area contributed by atoms with Crippen LogP contribution in [-0.4, -0.2) is 15.1 Å². The van der Waals surface area contributed by atoms with E-state index in [1.807, 2.05) is 0 Å². The van der Waals surface area contributed by atoms with Gasteiger partial charge in [-0.15, -0.1) is 0 Å². The highest BCUT2D eigenvalue weighted by Gasteiger charge is 2.15. The van der Waals surface area contributed by atoms with Crippen LogP contribution in [0.25, 0.3) is 10.1 Å². The second kappa shape index (κ2) is 2.85. The van der Waals surface area contributed by atoms with Crippen molar-refractivity contribution in [2.75, 3.05) is 0 Å².